The van der Waals surface area contributed by atoms with Crippen LogP contribution in [-0.4, -0.2) is 37.2 Å². The first-order chi connectivity index (χ1) is 32.0. The van der Waals surface area contributed by atoms with E-state index in [0.29, 0.717) is 19.3 Å². The van der Waals surface area contributed by atoms with Gasteiger partial charge in [-0.3, -0.25) is 14.4 Å². The molecule has 0 radical (unpaired) electrons. The molecule has 0 amide bonds. The van der Waals surface area contributed by atoms with Crippen molar-refractivity contribution in [2.24, 2.45) is 0 Å². The summed E-state index contributed by atoms with van der Waals surface area (Å²) in [5.74, 6) is -0.897. The van der Waals surface area contributed by atoms with E-state index in [0.717, 1.165) is 103 Å². The molecule has 0 heterocycles. The number of allylic oxidation sites excluding steroid dienone is 10. The highest BCUT2D eigenvalue weighted by molar-refractivity contribution is 5.71. The van der Waals surface area contributed by atoms with Crippen molar-refractivity contribution < 1.29 is 28.6 Å². The van der Waals surface area contributed by atoms with Gasteiger partial charge in [0.15, 0.2) is 6.10 Å². The van der Waals surface area contributed by atoms with Crippen molar-refractivity contribution in [2.45, 2.75) is 284 Å². The molecule has 0 spiro atoms. The first-order valence-corrected chi connectivity index (χ1v) is 27.8. The molecule has 0 fully saturated rings. The van der Waals surface area contributed by atoms with Crippen LogP contribution in [0.1, 0.15) is 278 Å². The normalized spacial score (nSPS) is 12.5. The van der Waals surface area contributed by atoms with Crippen molar-refractivity contribution in [2.75, 3.05) is 13.2 Å². The monoisotopic (exact) mass is 909 g/mol. The molecule has 0 N–H and O–H groups in total. The van der Waals surface area contributed by atoms with Crippen molar-refractivity contribution in [3.05, 3.63) is 60.8 Å². The summed E-state index contributed by atoms with van der Waals surface area (Å²) in [6.07, 6.45) is 66.4. The van der Waals surface area contributed by atoms with Crippen LogP contribution in [-0.2, 0) is 28.6 Å². The van der Waals surface area contributed by atoms with Crippen LogP contribution in [0.15, 0.2) is 60.8 Å². The highest BCUT2D eigenvalue weighted by Gasteiger charge is 2.19. The third kappa shape index (κ3) is 51.9. The van der Waals surface area contributed by atoms with Crippen LogP contribution in [0.5, 0.6) is 0 Å². The highest BCUT2D eigenvalue weighted by atomic mass is 16.6. The number of hydrogen-bond acceptors (Lipinski definition) is 6. The number of carbonyl (C=O) groups excluding carboxylic acids is 3. The largest absolute Gasteiger partial charge is 0.462 e. The zero-order valence-corrected chi connectivity index (χ0v) is 43.0. The zero-order chi connectivity index (χ0) is 47.2. The fraction of sp³-hybridized carbons (Fsp3) is 0.780. The van der Waals surface area contributed by atoms with Crippen LogP contribution in [0, 0.1) is 0 Å². The Morgan fingerprint density at radius 1 is 0.308 bits per heavy atom. The molecule has 0 aliphatic rings. The van der Waals surface area contributed by atoms with Gasteiger partial charge in [-0.25, -0.2) is 0 Å². The molecule has 376 valence electrons. The molecule has 0 aliphatic carbocycles. The van der Waals surface area contributed by atoms with Crippen molar-refractivity contribution >= 4 is 17.9 Å². The second-order valence-corrected chi connectivity index (χ2v) is 18.5. The van der Waals surface area contributed by atoms with E-state index in [1.165, 1.54) is 135 Å². The molecular formula is C59H104O6. The fourth-order valence-corrected chi connectivity index (χ4v) is 7.76. The highest BCUT2D eigenvalue weighted by Crippen LogP contribution is 2.15. The summed E-state index contributed by atoms with van der Waals surface area (Å²) in [6.45, 7) is 6.57. The molecule has 0 aromatic heterocycles. The van der Waals surface area contributed by atoms with Gasteiger partial charge in [-0.05, 0) is 83.5 Å². The van der Waals surface area contributed by atoms with Crippen molar-refractivity contribution in [1.82, 2.24) is 0 Å². The maximum absolute atomic E-state index is 12.8. The van der Waals surface area contributed by atoms with E-state index in [1.807, 2.05) is 0 Å². The van der Waals surface area contributed by atoms with Gasteiger partial charge < -0.3 is 14.2 Å². The second-order valence-electron chi connectivity index (χ2n) is 18.5. The lowest BCUT2D eigenvalue weighted by Gasteiger charge is -2.18. The van der Waals surface area contributed by atoms with Gasteiger partial charge >= 0.3 is 17.9 Å². The first-order valence-electron chi connectivity index (χ1n) is 27.8. The average Bonchev–Trinajstić information content (AvgIpc) is 3.30. The van der Waals surface area contributed by atoms with Crippen molar-refractivity contribution in [1.29, 1.82) is 0 Å². The predicted octanol–water partition coefficient (Wildman–Crippen LogP) is 18.4. The zero-order valence-electron chi connectivity index (χ0n) is 43.0. The molecule has 6 heteroatoms. The van der Waals surface area contributed by atoms with Crippen molar-refractivity contribution in [3.8, 4) is 0 Å². The summed E-state index contributed by atoms with van der Waals surface area (Å²) in [7, 11) is 0. The molecule has 1 unspecified atom stereocenters. The summed E-state index contributed by atoms with van der Waals surface area (Å²) in [4.78, 5) is 38.0. The van der Waals surface area contributed by atoms with E-state index in [1.54, 1.807) is 0 Å². The smallest absolute Gasteiger partial charge is 0.306 e. The number of rotatable bonds is 50. The van der Waals surface area contributed by atoms with E-state index in [-0.39, 0.29) is 31.1 Å². The summed E-state index contributed by atoms with van der Waals surface area (Å²) in [6, 6.07) is 0. The van der Waals surface area contributed by atoms with Gasteiger partial charge in [-0.15, -0.1) is 0 Å². The Hall–Kier alpha value is -2.89. The standard InChI is InChI=1S/C59H104O6/c1-4-7-10-13-16-19-22-24-26-27-28-29-30-31-32-33-34-36-37-40-43-46-49-52-58(61)64-55-56(54-63-57(60)51-48-45-42-39-21-18-15-12-9-6-3)65-59(62)53-50-47-44-41-38-35-25-23-20-17-14-11-8-5-2/h14,17,22-25,27-28,30-31,56H,4-13,15-16,18-21,26,29,32-55H2,1-3H3/b17-14-,24-22-,25-23-,28-27-,31-30-. The Balaban J connectivity index is 4.29. The maximum atomic E-state index is 12.8. The number of esters is 3. The Labute approximate surface area is 402 Å². The first kappa shape index (κ1) is 62.1. The van der Waals surface area contributed by atoms with Gasteiger partial charge in [0.1, 0.15) is 13.2 Å². The summed E-state index contributed by atoms with van der Waals surface area (Å²) < 4.78 is 16.8. The summed E-state index contributed by atoms with van der Waals surface area (Å²) >= 11 is 0. The summed E-state index contributed by atoms with van der Waals surface area (Å²) in [5, 5.41) is 0. The number of carbonyl (C=O) groups is 3. The minimum atomic E-state index is -0.782. The Morgan fingerprint density at radius 2 is 0.569 bits per heavy atom. The third-order valence-corrected chi connectivity index (χ3v) is 12.0. The third-order valence-electron chi connectivity index (χ3n) is 12.0. The van der Waals surface area contributed by atoms with Crippen LogP contribution in [0.2, 0.25) is 0 Å². The minimum absolute atomic E-state index is 0.0806. The van der Waals surface area contributed by atoms with Crippen LogP contribution in [0.3, 0.4) is 0 Å². The molecule has 0 saturated heterocycles. The molecule has 0 rings (SSSR count). The van der Waals surface area contributed by atoms with Crippen LogP contribution >= 0.6 is 0 Å². The van der Waals surface area contributed by atoms with Crippen molar-refractivity contribution in [3.63, 3.8) is 0 Å². The van der Waals surface area contributed by atoms with Crippen LogP contribution < -0.4 is 0 Å². The van der Waals surface area contributed by atoms with Crippen LogP contribution in [0.25, 0.3) is 0 Å². The molecule has 0 aromatic rings. The second kappa shape index (κ2) is 53.7. The van der Waals surface area contributed by atoms with E-state index >= 15 is 0 Å². The lowest BCUT2D eigenvalue weighted by atomic mass is 10.1. The minimum Gasteiger partial charge on any atom is -0.462 e. The Kier molecular flexibility index (Phi) is 51.3. The molecule has 1 atom stereocenters. The van der Waals surface area contributed by atoms with Crippen LogP contribution in [0.4, 0.5) is 0 Å². The molecule has 0 saturated carbocycles. The quantitative estimate of drug-likeness (QED) is 0.0262. The lowest BCUT2D eigenvalue weighted by molar-refractivity contribution is -0.167. The molecule has 0 aromatic carbocycles. The fourth-order valence-electron chi connectivity index (χ4n) is 7.76. The van der Waals surface area contributed by atoms with Gasteiger partial charge in [0.25, 0.3) is 0 Å². The Morgan fingerprint density at radius 3 is 0.908 bits per heavy atom. The van der Waals surface area contributed by atoms with E-state index in [2.05, 4.69) is 81.5 Å². The van der Waals surface area contributed by atoms with Gasteiger partial charge in [0.05, 0.1) is 0 Å². The average molecular weight is 909 g/mol. The number of unbranched alkanes of at least 4 members (excludes halogenated alkanes) is 29. The lowest BCUT2D eigenvalue weighted by Crippen LogP contribution is -2.30. The van der Waals surface area contributed by atoms with E-state index in [9.17, 15) is 14.4 Å². The molecule has 65 heavy (non-hydrogen) atoms. The number of ether oxygens (including phenoxy) is 3. The maximum Gasteiger partial charge on any atom is 0.306 e. The van der Waals surface area contributed by atoms with E-state index in [4.69, 9.17) is 14.2 Å². The predicted molar refractivity (Wildman–Crippen MR) is 279 cm³/mol. The topological polar surface area (TPSA) is 78.9 Å². The van der Waals surface area contributed by atoms with Gasteiger partial charge in [0.2, 0.25) is 0 Å². The van der Waals surface area contributed by atoms with Gasteiger partial charge in [-0.2, -0.15) is 0 Å². The molecule has 0 bridgehead atoms. The van der Waals surface area contributed by atoms with E-state index < -0.39 is 6.10 Å². The Bertz CT molecular complexity index is 1180. The van der Waals surface area contributed by atoms with Gasteiger partial charge in [-0.1, -0.05) is 236 Å². The number of hydrogen-bond donors (Lipinski definition) is 0. The van der Waals surface area contributed by atoms with Gasteiger partial charge in [0, 0.05) is 19.3 Å². The SMILES string of the molecule is CCCC/C=C\C/C=C\CCCCCCCC(=O)OC(COC(=O)CCCCCCCCCC/C=C\C/C=C\C/C=C\CCCCCCC)COC(=O)CCCCCCCCCCCC. The molecule has 6 nitrogen and oxygen atoms in total. The summed E-state index contributed by atoms with van der Waals surface area (Å²) in [5.41, 5.74) is 0. The molecular weight excluding hydrogens is 805 g/mol. The molecule has 0 aliphatic heterocycles.